The fourth-order valence-electron chi connectivity index (χ4n) is 3.98. The van der Waals surface area contributed by atoms with Crippen LogP contribution in [0.1, 0.15) is 49.8 Å². The number of hydrogen-bond acceptors (Lipinski definition) is 3. The van der Waals surface area contributed by atoms with Gasteiger partial charge in [-0.3, -0.25) is 0 Å². The van der Waals surface area contributed by atoms with Crippen molar-refractivity contribution < 1.29 is 9.84 Å². The van der Waals surface area contributed by atoms with Crippen molar-refractivity contribution in [2.75, 3.05) is 19.8 Å². The lowest BCUT2D eigenvalue weighted by molar-refractivity contribution is 0.0234. The second-order valence-electron chi connectivity index (χ2n) is 6.83. The van der Waals surface area contributed by atoms with Gasteiger partial charge in [0.15, 0.2) is 0 Å². The van der Waals surface area contributed by atoms with Crippen LogP contribution < -0.4 is 5.32 Å². The summed E-state index contributed by atoms with van der Waals surface area (Å²) >= 11 is 0. The summed E-state index contributed by atoms with van der Waals surface area (Å²) < 4.78 is 5.97. The molecule has 0 spiro atoms. The Kier molecular flexibility index (Phi) is 4.63. The molecule has 1 fully saturated rings. The van der Waals surface area contributed by atoms with Crippen molar-refractivity contribution in [3.63, 3.8) is 0 Å². The Morgan fingerprint density at radius 1 is 1.38 bits per heavy atom. The fourth-order valence-corrected chi connectivity index (χ4v) is 3.98. The summed E-state index contributed by atoms with van der Waals surface area (Å²) in [5.41, 5.74) is 2.62. The first-order chi connectivity index (χ1) is 10.2. The molecule has 3 rings (SSSR count). The molecule has 0 bridgehead atoms. The first-order valence-electron chi connectivity index (χ1n) is 8.28. The molecule has 1 aromatic carbocycles. The molecule has 1 heterocycles. The molecule has 3 nitrogen and oxygen atoms in total. The molecule has 1 aliphatic heterocycles. The topological polar surface area (TPSA) is 41.5 Å². The Balaban J connectivity index is 1.67. The summed E-state index contributed by atoms with van der Waals surface area (Å²) in [6.07, 6.45) is 5.76. The summed E-state index contributed by atoms with van der Waals surface area (Å²) in [5, 5.41) is 13.5. The van der Waals surface area contributed by atoms with Crippen LogP contribution in [0.5, 0.6) is 0 Å². The van der Waals surface area contributed by atoms with Crippen LogP contribution in [0.4, 0.5) is 0 Å². The van der Waals surface area contributed by atoms with Crippen LogP contribution in [0.25, 0.3) is 0 Å². The van der Waals surface area contributed by atoms with Crippen LogP contribution in [0.2, 0.25) is 0 Å². The van der Waals surface area contributed by atoms with E-state index in [9.17, 15) is 5.11 Å². The van der Waals surface area contributed by atoms with Crippen LogP contribution in [-0.2, 0) is 11.2 Å². The van der Waals surface area contributed by atoms with E-state index >= 15 is 0 Å². The summed E-state index contributed by atoms with van der Waals surface area (Å²) in [7, 11) is 0. The van der Waals surface area contributed by atoms with Crippen LogP contribution in [0.3, 0.4) is 0 Å². The van der Waals surface area contributed by atoms with E-state index in [1.165, 1.54) is 24.0 Å². The van der Waals surface area contributed by atoms with Crippen molar-refractivity contribution in [2.45, 2.75) is 50.7 Å². The number of hydrogen-bond donors (Lipinski definition) is 2. The van der Waals surface area contributed by atoms with Crippen molar-refractivity contribution >= 4 is 0 Å². The van der Waals surface area contributed by atoms with Gasteiger partial charge in [0.25, 0.3) is 0 Å². The molecule has 1 saturated carbocycles. The molecule has 3 heteroatoms. The van der Waals surface area contributed by atoms with E-state index in [1.54, 1.807) is 0 Å². The van der Waals surface area contributed by atoms with Gasteiger partial charge in [-0.15, -0.1) is 0 Å². The van der Waals surface area contributed by atoms with E-state index in [0.717, 1.165) is 32.4 Å². The molecule has 116 valence electrons. The smallest absolute Gasteiger partial charge is 0.0952 e. The Bertz CT molecular complexity index is 476. The summed E-state index contributed by atoms with van der Waals surface area (Å²) in [6, 6.07) is 8.57. The number of aliphatic hydroxyl groups excluding tert-OH is 1. The van der Waals surface area contributed by atoms with E-state index < -0.39 is 0 Å². The predicted molar refractivity (Wildman–Crippen MR) is 84.3 cm³/mol. The minimum absolute atomic E-state index is 0.104. The standard InChI is InChI=1S/C18H27NO2/c1-14-5-4-9-18(11-14,13-20)19-12-17-16-7-3-2-6-15(16)8-10-21-17/h2-3,6-7,14,17,19-20H,4-5,8-13H2,1H3. The zero-order chi connectivity index (χ0) is 14.7. The van der Waals surface area contributed by atoms with Crippen LogP contribution in [0.15, 0.2) is 24.3 Å². The Labute approximate surface area is 127 Å². The van der Waals surface area contributed by atoms with Gasteiger partial charge in [0.05, 0.1) is 19.3 Å². The first-order valence-corrected chi connectivity index (χ1v) is 8.28. The minimum Gasteiger partial charge on any atom is -0.394 e. The molecule has 2 N–H and O–H groups in total. The quantitative estimate of drug-likeness (QED) is 0.895. The van der Waals surface area contributed by atoms with Gasteiger partial charge in [-0.2, -0.15) is 0 Å². The van der Waals surface area contributed by atoms with Crippen molar-refractivity contribution in [2.24, 2.45) is 5.92 Å². The van der Waals surface area contributed by atoms with Gasteiger partial charge in [0, 0.05) is 12.1 Å². The van der Waals surface area contributed by atoms with E-state index in [1.807, 2.05) is 0 Å². The Morgan fingerprint density at radius 2 is 2.24 bits per heavy atom. The molecule has 21 heavy (non-hydrogen) atoms. The lowest BCUT2D eigenvalue weighted by Crippen LogP contribution is -2.53. The van der Waals surface area contributed by atoms with Crippen LogP contribution in [0, 0.1) is 5.92 Å². The van der Waals surface area contributed by atoms with E-state index in [0.29, 0.717) is 5.92 Å². The normalized spacial score (nSPS) is 32.7. The minimum atomic E-state index is -0.104. The lowest BCUT2D eigenvalue weighted by Gasteiger charge is -2.41. The summed E-state index contributed by atoms with van der Waals surface area (Å²) in [5.74, 6) is 0.693. The van der Waals surface area contributed by atoms with Crippen molar-refractivity contribution in [3.05, 3.63) is 35.4 Å². The van der Waals surface area contributed by atoms with Crippen molar-refractivity contribution in [3.8, 4) is 0 Å². The third-order valence-corrected chi connectivity index (χ3v) is 5.15. The Morgan fingerprint density at radius 3 is 3.05 bits per heavy atom. The van der Waals surface area contributed by atoms with Gasteiger partial charge >= 0.3 is 0 Å². The Hall–Kier alpha value is -0.900. The third-order valence-electron chi connectivity index (χ3n) is 5.15. The number of ether oxygens (including phenoxy) is 1. The number of nitrogens with one attached hydrogen (secondary N) is 1. The van der Waals surface area contributed by atoms with Crippen LogP contribution in [-0.4, -0.2) is 30.4 Å². The monoisotopic (exact) mass is 289 g/mol. The van der Waals surface area contributed by atoms with Gasteiger partial charge in [0.2, 0.25) is 0 Å². The molecule has 0 radical (unpaired) electrons. The zero-order valence-electron chi connectivity index (χ0n) is 13.0. The lowest BCUT2D eigenvalue weighted by atomic mass is 9.76. The highest BCUT2D eigenvalue weighted by molar-refractivity contribution is 5.31. The van der Waals surface area contributed by atoms with Gasteiger partial charge in [-0.1, -0.05) is 44.0 Å². The molecule has 3 atom stereocenters. The molecule has 0 saturated heterocycles. The highest BCUT2D eigenvalue weighted by Gasteiger charge is 2.35. The second-order valence-corrected chi connectivity index (χ2v) is 6.83. The highest BCUT2D eigenvalue weighted by Crippen LogP contribution is 2.33. The maximum Gasteiger partial charge on any atom is 0.0952 e. The largest absolute Gasteiger partial charge is 0.394 e. The second kappa shape index (κ2) is 6.47. The fraction of sp³-hybridized carbons (Fsp3) is 0.667. The van der Waals surface area contributed by atoms with Gasteiger partial charge < -0.3 is 15.2 Å². The number of aliphatic hydroxyl groups is 1. The molecule has 2 aliphatic rings. The maximum atomic E-state index is 9.88. The van der Waals surface area contributed by atoms with E-state index in [4.69, 9.17) is 4.74 Å². The summed E-state index contributed by atoms with van der Waals surface area (Å²) in [4.78, 5) is 0. The van der Waals surface area contributed by atoms with Gasteiger partial charge in [-0.05, 0) is 36.3 Å². The van der Waals surface area contributed by atoms with Gasteiger partial charge in [-0.25, -0.2) is 0 Å². The average Bonchev–Trinajstić information content (AvgIpc) is 2.53. The van der Waals surface area contributed by atoms with Crippen molar-refractivity contribution in [1.82, 2.24) is 5.32 Å². The highest BCUT2D eigenvalue weighted by atomic mass is 16.5. The number of rotatable bonds is 4. The SMILES string of the molecule is CC1CCCC(CO)(NCC2OCCc3ccccc32)C1. The van der Waals surface area contributed by atoms with E-state index in [-0.39, 0.29) is 18.2 Å². The molecular formula is C18H27NO2. The third kappa shape index (κ3) is 3.31. The summed E-state index contributed by atoms with van der Waals surface area (Å²) in [6.45, 7) is 4.11. The molecule has 0 amide bonds. The molecule has 3 unspecified atom stereocenters. The molecule has 1 aromatic rings. The first kappa shape index (κ1) is 15.0. The van der Waals surface area contributed by atoms with E-state index in [2.05, 4.69) is 36.5 Å². The molecule has 1 aliphatic carbocycles. The maximum absolute atomic E-state index is 9.88. The number of fused-ring (bicyclic) bond motifs is 1. The molecule has 0 aromatic heterocycles. The zero-order valence-corrected chi connectivity index (χ0v) is 13.0. The average molecular weight is 289 g/mol. The predicted octanol–water partition coefficient (Wildman–Crippen LogP) is 2.83. The number of benzene rings is 1. The van der Waals surface area contributed by atoms with Gasteiger partial charge in [0.1, 0.15) is 0 Å². The molecular weight excluding hydrogens is 262 g/mol. The van der Waals surface area contributed by atoms with Crippen molar-refractivity contribution in [1.29, 1.82) is 0 Å². The van der Waals surface area contributed by atoms with Crippen LogP contribution >= 0.6 is 0 Å².